The second-order valence-corrected chi connectivity index (χ2v) is 8.96. The molecular formula is C19H31NS. The maximum absolute atomic E-state index is 3.87. The molecule has 1 aromatic rings. The summed E-state index contributed by atoms with van der Waals surface area (Å²) in [5.41, 5.74) is 2.15. The lowest BCUT2D eigenvalue weighted by Gasteiger charge is -2.62. The van der Waals surface area contributed by atoms with Crippen LogP contribution in [-0.2, 0) is 13.0 Å². The number of thiophene rings is 1. The van der Waals surface area contributed by atoms with Gasteiger partial charge < -0.3 is 5.32 Å². The molecule has 3 aliphatic carbocycles. The predicted molar refractivity (Wildman–Crippen MR) is 92.7 cm³/mol. The second-order valence-electron chi connectivity index (χ2n) is 7.97. The van der Waals surface area contributed by atoms with Crippen LogP contribution in [0.2, 0.25) is 0 Å². The summed E-state index contributed by atoms with van der Waals surface area (Å²) in [4.78, 5) is 1.52. The molecule has 1 heterocycles. The average Bonchev–Trinajstić information content (AvgIpc) is 2.91. The van der Waals surface area contributed by atoms with Gasteiger partial charge in [0.15, 0.2) is 0 Å². The highest BCUT2D eigenvalue weighted by atomic mass is 32.1. The SMILES string of the molecule is CCCCc1csc(CN[C@@H]2C[C@H]3C[C@@H]([C@H]2C)C3(C)C)c1. The van der Waals surface area contributed by atoms with Crippen LogP contribution in [0.5, 0.6) is 0 Å². The van der Waals surface area contributed by atoms with Gasteiger partial charge in [0.05, 0.1) is 0 Å². The topological polar surface area (TPSA) is 12.0 Å². The van der Waals surface area contributed by atoms with E-state index < -0.39 is 0 Å². The number of hydrogen-bond acceptors (Lipinski definition) is 2. The first-order valence-electron chi connectivity index (χ1n) is 8.82. The first kappa shape index (κ1) is 15.6. The first-order chi connectivity index (χ1) is 10.0. The lowest BCUT2D eigenvalue weighted by Crippen LogP contribution is -2.59. The maximum Gasteiger partial charge on any atom is 0.0302 e. The monoisotopic (exact) mass is 305 g/mol. The van der Waals surface area contributed by atoms with Crippen molar-refractivity contribution >= 4 is 11.3 Å². The Morgan fingerprint density at radius 1 is 1.33 bits per heavy atom. The van der Waals surface area contributed by atoms with E-state index in [1.807, 2.05) is 11.3 Å². The fourth-order valence-electron chi connectivity index (χ4n) is 4.68. The van der Waals surface area contributed by atoms with E-state index in [0.29, 0.717) is 5.41 Å². The number of nitrogens with one attached hydrogen (secondary N) is 1. The van der Waals surface area contributed by atoms with Crippen molar-refractivity contribution < 1.29 is 0 Å². The van der Waals surface area contributed by atoms with Crippen LogP contribution in [0, 0.1) is 23.2 Å². The van der Waals surface area contributed by atoms with Crippen molar-refractivity contribution in [3.63, 3.8) is 0 Å². The van der Waals surface area contributed by atoms with Gasteiger partial charge in [-0.2, -0.15) is 0 Å². The van der Waals surface area contributed by atoms with Crippen molar-refractivity contribution in [1.82, 2.24) is 5.32 Å². The third-order valence-corrected chi connectivity index (χ3v) is 7.41. The number of aryl methyl sites for hydroxylation is 1. The largest absolute Gasteiger partial charge is 0.309 e. The lowest BCUT2D eigenvalue weighted by molar-refractivity contribution is -0.115. The highest BCUT2D eigenvalue weighted by Gasteiger charge is 2.55. The van der Waals surface area contributed by atoms with E-state index in [9.17, 15) is 0 Å². The van der Waals surface area contributed by atoms with Gasteiger partial charge >= 0.3 is 0 Å². The summed E-state index contributed by atoms with van der Waals surface area (Å²) in [7, 11) is 0. The molecule has 1 aromatic heterocycles. The molecule has 0 aromatic carbocycles. The molecule has 0 amide bonds. The molecule has 2 heteroatoms. The summed E-state index contributed by atoms with van der Waals surface area (Å²) in [5.74, 6) is 2.74. The molecule has 21 heavy (non-hydrogen) atoms. The van der Waals surface area contributed by atoms with Crippen LogP contribution in [0.25, 0.3) is 0 Å². The Balaban J connectivity index is 1.51. The van der Waals surface area contributed by atoms with Crippen LogP contribution in [0.1, 0.15) is 63.8 Å². The molecule has 0 spiro atoms. The van der Waals surface area contributed by atoms with Crippen molar-refractivity contribution in [3.8, 4) is 0 Å². The summed E-state index contributed by atoms with van der Waals surface area (Å²) in [6, 6.07) is 3.16. The molecule has 0 unspecified atom stereocenters. The van der Waals surface area contributed by atoms with Crippen LogP contribution in [0.3, 0.4) is 0 Å². The molecule has 4 atom stereocenters. The Labute approximate surface area is 134 Å². The minimum Gasteiger partial charge on any atom is -0.309 e. The molecule has 2 bridgehead atoms. The van der Waals surface area contributed by atoms with E-state index in [-0.39, 0.29) is 0 Å². The van der Waals surface area contributed by atoms with E-state index >= 15 is 0 Å². The molecule has 1 nitrogen and oxygen atoms in total. The van der Waals surface area contributed by atoms with Crippen molar-refractivity contribution in [3.05, 3.63) is 21.9 Å². The lowest BCUT2D eigenvalue weighted by atomic mass is 9.45. The van der Waals surface area contributed by atoms with Crippen LogP contribution < -0.4 is 5.32 Å². The zero-order valence-electron chi connectivity index (χ0n) is 14.1. The Kier molecular flexibility index (Phi) is 4.47. The van der Waals surface area contributed by atoms with Gasteiger partial charge in [-0.3, -0.25) is 0 Å². The first-order valence-corrected chi connectivity index (χ1v) is 9.70. The van der Waals surface area contributed by atoms with E-state index in [0.717, 1.165) is 30.3 Å². The third-order valence-electron chi connectivity index (χ3n) is 6.42. The van der Waals surface area contributed by atoms with Crippen molar-refractivity contribution in [2.45, 2.75) is 72.4 Å². The smallest absolute Gasteiger partial charge is 0.0302 e. The fourth-order valence-corrected chi connectivity index (χ4v) is 5.56. The molecule has 118 valence electrons. The molecule has 0 radical (unpaired) electrons. The van der Waals surface area contributed by atoms with Gasteiger partial charge in [-0.25, -0.2) is 0 Å². The maximum atomic E-state index is 3.87. The minimum absolute atomic E-state index is 0.605. The van der Waals surface area contributed by atoms with Crippen molar-refractivity contribution in [1.29, 1.82) is 0 Å². The normalized spacial score (nSPS) is 33.7. The predicted octanol–water partition coefficient (Wildman–Crippen LogP) is 5.25. The zero-order chi connectivity index (χ0) is 15.0. The Morgan fingerprint density at radius 3 is 2.81 bits per heavy atom. The number of fused-ring (bicyclic) bond motifs is 2. The molecule has 1 N–H and O–H groups in total. The van der Waals surface area contributed by atoms with Crippen LogP contribution in [0.4, 0.5) is 0 Å². The number of hydrogen-bond donors (Lipinski definition) is 1. The van der Waals surface area contributed by atoms with E-state index in [2.05, 4.69) is 44.5 Å². The minimum atomic E-state index is 0.605. The van der Waals surface area contributed by atoms with Gasteiger partial charge in [0.2, 0.25) is 0 Å². The van der Waals surface area contributed by atoms with Gasteiger partial charge in [-0.15, -0.1) is 11.3 Å². The van der Waals surface area contributed by atoms with Gasteiger partial charge in [-0.1, -0.05) is 34.1 Å². The van der Waals surface area contributed by atoms with Gasteiger partial charge in [0, 0.05) is 17.5 Å². The van der Waals surface area contributed by atoms with Gasteiger partial charge in [0.1, 0.15) is 0 Å². The standard InChI is InChI=1S/C19H31NS/c1-5-6-7-14-8-16(21-12-14)11-20-18-10-15-9-17(13(18)2)19(15,3)4/h8,12-13,15,17-18,20H,5-7,9-11H2,1-4H3/t13-,15-,17+,18-/m1/s1. The molecule has 3 aliphatic rings. The van der Waals surface area contributed by atoms with Crippen molar-refractivity contribution in [2.24, 2.45) is 23.2 Å². The summed E-state index contributed by atoms with van der Waals surface area (Å²) in [5, 5.41) is 6.22. The van der Waals surface area contributed by atoms with E-state index in [1.165, 1.54) is 37.0 Å². The third kappa shape index (κ3) is 2.94. The van der Waals surface area contributed by atoms with Gasteiger partial charge in [-0.05, 0) is 65.9 Å². The molecule has 4 rings (SSSR count). The van der Waals surface area contributed by atoms with Crippen LogP contribution >= 0.6 is 11.3 Å². The Bertz CT molecular complexity index is 476. The number of rotatable bonds is 6. The van der Waals surface area contributed by atoms with Crippen molar-refractivity contribution in [2.75, 3.05) is 0 Å². The summed E-state index contributed by atoms with van der Waals surface area (Å²) in [6.07, 6.45) is 6.74. The van der Waals surface area contributed by atoms with E-state index in [1.54, 1.807) is 5.56 Å². The van der Waals surface area contributed by atoms with E-state index in [4.69, 9.17) is 0 Å². The Hall–Kier alpha value is -0.340. The summed E-state index contributed by atoms with van der Waals surface area (Å²) < 4.78 is 0. The van der Waals surface area contributed by atoms with Crippen LogP contribution in [-0.4, -0.2) is 6.04 Å². The summed E-state index contributed by atoms with van der Waals surface area (Å²) >= 11 is 1.94. The molecular weight excluding hydrogens is 274 g/mol. The average molecular weight is 306 g/mol. The highest BCUT2D eigenvalue weighted by Crippen LogP contribution is 2.61. The Morgan fingerprint density at radius 2 is 2.14 bits per heavy atom. The molecule has 3 fully saturated rings. The molecule has 0 saturated heterocycles. The highest BCUT2D eigenvalue weighted by molar-refractivity contribution is 7.10. The zero-order valence-corrected chi connectivity index (χ0v) is 14.9. The van der Waals surface area contributed by atoms with Crippen LogP contribution in [0.15, 0.2) is 11.4 Å². The molecule has 3 saturated carbocycles. The fraction of sp³-hybridized carbons (Fsp3) is 0.789. The quantitative estimate of drug-likeness (QED) is 0.757. The summed E-state index contributed by atoms with van der Waals surface area (Å²) in [6.45, 7) is 10.8. The molecule has 0 aliphatic heterocycles. The second kappa shape index (κ2) is 6.04. The number of unbranched alkanes of at least 4 members (excludes halogenated alkanes) is 1. The van der Waals surface area contributed by atoms with Gasteiger partial charge in [0.25, 0.3) is 0 Å².